The number of carbonyl (C=O) groups excluding carboxylic acids is 1. The quantitative estimate of drug-likeness (QED) is 0.679. The number of hydrogen-bond donors (Lipinski definition) is 1. The van der Waals surface area contributed by atoms with E-state index in [2.05, 4.69) is 9.97 Å². The Balaban J connectivity index is 1.44. The first-order valence-electron chi connectivity index (χ1n) is 9.96. The number of carbonyl (C=O) groups is 1. The molecule has 4 rings (SSSR count). The SMILES string of the molecule is Cc1cc(-c2ccc(N)nc2)cc([C@H]2CN(C(=O)COc3ccc(F)cc3)CCO2)n1. The summed E-state index contributed by atoms with van der Waals surface area (Å²) in [7, 11) is 0. The highest BCUT2D eigenvalue weighted by atomic mass is 19.1. The molecule has 1 aliphatic rings. The number of halogens is 1. The van der Waals surface area contributed by atoms with Crippen LogP contribution in [-0.4, -0.2) is 47.1 Å². The molecule has 0 unspecified atom stereocenters. The maximum absolute atomic E-state index is 13.0. The number of amides is 1. The summed E-state index contributed by atoms with van der Waals surface area (Å²) in [6, 6.07) is 13.2. The van der Waals surface area contributed by atoms with E-state index in [1.165, 1.54) is 24.3 Å². The summed E-state index contributed by atoms with van der Waals surface area (Å²) in [5.41, 5.74) is 9.17. The number of aryl methyl sites for hydroxylation is 1. The normalized spacial score (nSPS) is 16.2. The molecule has 0 aliphatic carbocycles. The zero-order valence-corrected chi connectivity index (χ0v) is 17.1. The molecule has 2 N–H and O–H groups in total. The van der Waals surface area contributed by atoms with Gasteiger partial charge in [-0.3, -0.25) is 9.78 Å². The first-order valence-corrected chi connectivity index (χ1v) is 9.96. The van der Waals surface area contributed by atoms with Crippen LogP contribution in [0.25, 0.3) is 11.1 Å². The second-order valence-electron chi connectivity index (χ2n) is 7.34. The molecule has 3 heterocycles. The highest BCUT2D eigenvalue weighted by molar-refractivity contribution is 5.78. The second kappa shape index (κ2) is 9.09. The Morgan fingerprint density at radius 1 is 1.23 bits per heavy atom. The number of anilines is 1. The lowest BCUT2D eigenvalue weighted by atomic mass is 10.0. The third-order valence-corrected chi connectivity index (χ3v) is 5.02. The molecule has 0 saturated carbocycles. The highest BCUT2D eigenvalue weighted by Gasteiger charge is 2.27. The third kappa shape index (κ3) is 5.16. The fourth-order valence-electron chi connectivity index (χ4n) is 3.42. The number of rotatable bonds is 5. The third-order valence-electron chi connectivity index (χ3n) is 5.02. The molecule has 3 aromatic rings. The molecule has 1 aliphatic heterocycles. The molecule has 0 bridgehead atoms. The molecule has 7 nitrogen and oxygen atoms in total. The number of nitrogen functional groups attached to an aromatic ring is 1. The Morgan fingerprint density at radius 3 is 2.77 bits per heavy atom. The first kappa shape index (κ1) is 20.7. The maximum atomic E-state index is 13.0. The van der Waals surface area contributed by atoms with Crippen molar-refractivity contribution in [2.24, 2.45) is 0 Å². The summed E-state index contributed by atoms with van der Waals surface area (Å²) in [4.78, 5) is 23.1. The summed E-state index contributed by atoms with van der Waals surface area (Å²) in [5, 5.41) is 0. The average molecular weight is 422 g/mol. The van der Waals surface area contributed by atoms with E-state index in [1.807, 2.05) is 25.1 Å². The van der Waals surface area contributed by atoms with Crippen molar-refractivity contribution in [2.45, 2.75) is 13.0 Å². The Labute approximate surface area is 179 Å². The summed E-state index contributed by atoms with van der Waals surface area (Å²) < 4.78 is 24.4. The van der Waals surface area contributed by atoms with Crippen molar-refractivity contribution in [3.63, 3.8) is 0 Å². The van der Waals surface area contributed by atoms with Crippen molar-refractivity contribution in [1.82, 2.24) is 14.9 Å². The number of morpholine rings is 1. The van der Waals surface area contributed by atoms with E-state index in [-0.39, 0.29) is 24.4 Å². The smallest absolute Gasteiger partial charge is 0.260 e. The highest BCUT2D eigenvalue weighted by Crippen LogP contribution is 2.27. The van der Waals surface area contributed by atoms with Crippen LogP contribution in [0.4, 0.5) is 10.2 Å². The van der Waals surface area contributed by atoms with Gasteiger partial charge in [0.15, 0.2) is 6.61 Å². The monoisotopic (exact) mass is 422 g/mol. The van der Waals surface area contributed by atoms with E-state index in [0.717, 1.165) is 22.5 Å². The lowest BCUT2D eigenvalue weighted by molar-refractivity contribution is -0.141. The molecule has 8 heteroatoms. The van der Waals surface area contributed by atoms with Gasteiger partial charge in [0, 0.05) is 24.0 Å². The molecule has 160 valence electrons. The molecule has 0 spiro atoms. The van der Waals surface area contributed by atoms with Gasteiger partial charge in [-0.15, -0.1) is 0 Å². The average Bonchev–Trinajstić information content (AvgIpc) is 2.78. The Kier molecular flexibility index (Phi) is 6.08. The van der Waals surface area contributed by atoms with Crippen molar-refractivity contribution in [3.05, 3.63) is 71.9 Å². The fourth-order valence-corrected chi connectivity index (χ4v) is 3.42. The minimum absolute atomic E-state index is 0.123. The van der Waals surface area contributed by atoms with Crippen molar-refractivity contribution >= 4 is 11.7 Å². The van der Waals surface area contributed by atoms with Gasteiger partial charge < -0.3 is 20.1 Å². The van der Waals surface area contributed by atoms with Gasteiger partial charge in [-0.2, -0.15) is 0 Å². The van der Waals surface area contributed by atoms with Crippen molar-refractivity contribution in [1.29, 1.82) is 0 Å². The van der Waals surface area contributed by atoms with Gasteiger partial charge in [-0.25, -0.2) is 9.37 Å². The lowest BCUT2D eigenvalue weighted by Gasteiger charge is -2.33. The Bertz CT molecular complexity index is 1060. The van der Waals surface area contributed by atoms with Crippen LogP contribution in [0.15, 0.2) is 54.7 Å². The van der Waals surface area contributed by atoms with E-state index in [4.69, 9.17) is 15.2 Å². The molecule has 31 heavy (non-hydrogen) atoms. The summed E-state index contributed by atoms with van der Waals surface area (Å²) in [5.74, 6) is 0.395. The molecular weight excluding hydrogens is 399 g/mol. The Morgan fingerprint density at radius 2 is 2.03 bits per heavy atom. The molecule has 1 atom stereocenters. The molecule has 1 fully saturated rings. The summed E-state index contributed by atoms with van der Waals surface area (Å²) in [6.07, 6.45) is 1.38. The van der Waals surface area contributed by atoms with Crippen LogP contribution in [0, 0.1) is 12.7 Å². The van der Waals surface area contributed by atoms with Crippen LogP contribution < -0.4 is 10.5 Å². The molecule has 1 aromatic carbocycles. The van der Waals surface area contributed by atoms with Crippen LogP contribution in [0.1, 0.15) is 17.5 Å². The largest absolute Gasteiger partial charge is 0.484 e. The maximum Gasteiger partial charge on any atom is 0.260 e. The fraction of sp³-hybridized carbons (Fsp3) is 0.261. The van der Waals surface area contributed by atoms with Crippen LogP contribution in [0.3, 0.4) is 0 Å². The molecule has 0 radical (unpaired) electrons. The Hall–Kier alpha value is -3.52. The number of nitrogens with two attached hydrogens (primary N) is 1. The van der Waals surface area contributed by atoms with Crippen LogP contribution in [0.5, 0.6) is 5.75 Å². The van der Waals surface area contributed by atoms with Gasteiger partial charge in [0.25, 0.3) is 5.91 Å². The first-order chi connectivity index (χ1) is 15.0. The topological polar surface area (TPSA) is 90.6 Å². The molecule has 1 saturated heterocycles. The van der Waals surface area contributed by atoms with Gasteiger partial charge >= 0.3 is 0 Å². The van der Waals surface area contributed by atoms with Gasteiger partial charge in [0.05, 0.1) is 18.8 Å². The number of nitrogens with zero attached hydrogens (tertiary/aromatic N) is 3. The number of ether oxygens (including phenoxy) is 2. The summed E-state index contributed by atoms with van der Waals surface area (Å²) in [6.45, 7) is 3.05. The zero-order chi connectivity index (χ0) is 21.8. The van der Waals surface area contributed by atoms with Gasteiger partial charge in [0.1, 0.15) is 23.5 Å². The van der Waals surface area contributed by atoms with E-state index < -0.39 is 0 Å². The number of benzene rings is 1. The van der Waals surface area contributed by atoms with Gasteiger partial charge in [0.2, 0.25) is 0 Å². The van der Waals surface area contributed by atoms with Gasteiger partial charge in [-0.05, 0) is 61.0 Å². The number of aromatic nitrogens is 2. The number of hydrogen-bond acceptors (Lipinski definition) is 6. The predicted octanol–water partition coefficient (Wildman–Crippen LogP) is 3.15. The summed E-state index contributed by atoms with van der Waals surface area (Å²) >= 11 is 0. The standard InChI is InChI=1S/C23H23FN4O3/c1-15-10-17(16-2-7-22(25)26-12-16)11-20(27-15)21-13-28(8-9-30-21)23(29)14-31-19-5-3-18(24)4-6-19/h2-7,10-12,21H,8-9,13-14H2,1H3,(H2,25,26)/t21-/m1/s1. The lowest BCUT2D eigenvalue weighted by Crippen LogP contribution is -2.44. The molecular formula is C23H23FN4O3. The van der Waals surface area contributed by atoms with Crippen molar-refractivity contribution in [3.8, 4) is 16.9 Å². The minimum atomic E-state index is -0.352. The molecule has 1 amide bonds. The van der Waals surface area contributed by atoms with E-state index in [0.29, 0.717) is 31.3 Å². The van der Waals surface area contributed by atoms with E-state index >= 15 is 0 Å². The zero-order valence-electron chi connectivity index (χ0n) is 17.1. The minimum Gasteiger partial charge on any atom is -0.484 e. The van der Waals surface area contributed by atoms with Crippen LogP contribution in [0.2, 0.25) is 0 Å². The second-order valence-corrected chi connectivity index (χ2v) is 7.34. The van der Waals surface area contributed by atoms with Crippen LogP contribution in [-0.2, 0) is 9.53 Å². The molecule has 2 aromatic heterocycles. The van der Waals surface area contributed by atoms with Gasteiger partial charge in [-0.1, -0.05) is 0 Å². The van der Waals surface area contributed by atoms with Crippen molar-refractivity contribution < 1.29 is 18.7 Å². The number of pyridine rings is 2. The van der Waals surface area contributed by atoms with Crippen molar-refractivity contribution in [2.75, 3.05) is 32.0 Å². The predicted molar refractivity (Wildman–Crippen MR) is 114 cm³/mol. The van der Waals surface area contributed by atoms with E-state index in [9.17, 15) is 9.18 Å². The van der Waals surface area contributed by atoms with E-state index in [1.54, 1.807) is 17.2 Å². The van der Waals surface area contributed by atoms with Crippen LogP contribution >= 0.6 is 0 Å².